The average molecular weight is 261 g/mol. The van der Waals surface area contributed by atoms with Gasteiger partial charge in [-0.1, -0.05) is 26.0 Å². The smallest absolute Gasteiger partial charge is 0.239 e. The number of rotatable bonds is 5. The van der Waals surface area contributed by atoms with Gasteiger partial charge < -0.3 is 16.0 Å². The second-order valence-electron chi connectivity index (χ2n) is 5.70. The molecule has 2 rings (SSSR count). The number of likely N-dealkylation sites (N-methyl/N-ethyl adjacent to an activating group) is 1. The largest absolute Gasteiger partial charge is 0.374 e. The van der Waals surface area contributed by atoms with Crippen molar-refractivity contribution in [3.63, 3.8) is 0 Å². The van der Waals surface area contributed by atoms with E-state index in [0.29, 0.717) is 5.92 Å². The summed E-state index contributed by atoms with van der Waals surface area (Å²) in [6.07, 6.45) is 1.04. The lowest BCUT2D eigenvalue weighted by molar-refractivity contribution is -0.120. The van der Waals surface area contributed by atoms with Gasteiger partial charge in [0.25, 0.3) is 0 Å². The van der Waals surface area contributed by atoms with Crippen molar-refractivity contribution in [1.29, 1.82) is 0 Å². The van der Waals surface area contributed by atoms with Crippen LogP contribution in [0.1, 0.15) is 31.0 Å². The fraction of sp³-hybridized carbons (Fsp3) is 0.533. The molecule has 1 aliphatic rings. The zero-order valence-electron chi connectivity index (χ0n) is 11.9. The first-order valence-corrected chi connectivity index (χ1v) is 6.85. The summed E-state index contributed by atoms with van der Waals surface area (Å²) in [7, 11) is 2.09. The van der Waals surface area contributed by atoms with E-state index < -0.39 is 6.04 Å². The average Bonchev–Trinajstić information content (AvgIpc) is 2.70. The second-order valence-corrected chi connectivity index (χ2v) is 5.70. The van der Waals surface area contributed by atoms with Crippen molar-refractivity contribution in [3.8, 4) is 0 Å². The Morgan fingerprint density at radius 1 is 1.47 bits per heavy atom. The second kappa shape index (κ2) is 5.61. The fourth-order valence-corrected chi connectivity index (χ4v) is 2.50. The van der Waals surface area contributed by atoms with Crippen LogP contribution < -0.4 is 16.0 Å². The molecule has 1 heterocycles. The summed E-state index contributed by atoms with van der Waals surface area (Å²) in [6, 6.07) is 5.81. The number of nitrogens with two attached hydrogens (primary N) is 1. The highest BCUT2D eigenvalue weighted by Crippen LogP contribution is 2.29. The van der Waals surface area contributed by atoms with Gasteiger partial charge in [-0.15, -0.1) is 0 Å². The van der Waals surface area contributed by atoms with Crippen LogP contribution in [0.4, 0.5) is 5.69 Å². The molecule has 19 heavy (non-hydrogen) atoms. The monoisotopic (exact) mass is 261 g/mol. The number of anilines is 1. The molecule has 1 aromatic rings. The number of benzene rings is 1. The van der Waals surface area contributed by atoms with Crippen LogP contribution in [-0.4, -0.2) is 26.0 Å². The molecule has 1 amide bonds. The summed E-state index contributed by atoms with van der Waals surface area (Å²) in [5.41, 5.74) is 9.05. The third-order valence-corrected chi connectivity index (χ3v) is 3.58. The van der Waals surface area contributed by atoms with E-state index in [2.05, 4.69) is 43.2 Å². The van der Waals surface area contributed by atoms with E-state index in [1.807, 2.05) is 6.07 Å². The van der Waals surface area contributed by atoms with Crippen molar-refractivity contribution < 1.29 is 4.79 Å². The molecule has 0 bridgehead atoms. The SMILES string of the molecule is CC(C)CNC(C(N)=O)c1ccc2c(c1)CCN2C. The number of nitrogens with one attached hydrogen (secondary N) is 1. The molecule has 0 aliphatic carbocycles. The van der Waals surface area contributed by atoms with Crippen LogP contribution in [0, 0.1) is 5.92 Å². The number of carbonyl (C=O) groups excluding carboxylic acids is 1. The highest BCUT2D eigenvalue weighted by molar-refractivity contribution is 5.82. The van der Waals surface area contributed by atoms with Gasteiger partial charge in [-0.3, -0.25) is 4.79 Å². The van der Waals surface area contributed by atoms with Crippen LogP contribution in [0.25, 0.3) is 0 Å². The fourth-order valence-electron chi connectivity index (χ4n) is 2.50. The van der Waals surface area contributed by atoms with Gasteiger partial charge in [0, 0.05) is 19.3 Å². The van der Waals surface area contributed by atoms with Crippen LogP contribution in [0.15, 0.2) is 18.2 Å². The van der Waals surface area contributed by atoms with E-state index in [9.17, 15) is 4.79 Å². The minimum Gasteiger partial charge on any atom is -0.374 e. The number of nitrogens with zero attached hydrogens (tertiary/aromatic N) is 1. The van der Waals surface area contributed by atoms with E-state index in [4.69, 9.17) is 5.73 Å². The summed E-state index contributed by atoms with van der Waals surface area (Å²) in [4.78, 5) is 13.9. The molecule has 0 saturated heterocycles. The minimum absolute atomic E-state index is 0.313. The minimum atomic E-state index is -0.390. The van der Waals surface area contributed by atoms with Crippen LogP contribution in [0.2, 0.25) is 0 Å². The number of carbonyl (C=O) groups is 1. The van der Waals surface area contributed by atoms with Crippen LogP contribution in [0.3, 0.4) is 0 Å². The molecular weight excluding hydrogens is 238 g/mol. The lowest BCUT2D eigenvalue weighted by Gasteiger charge is -2.19. The molecule has 1 unspecified atom stereocenters. The van der Waals surface area contributed by atoms with Gasteiger partial charge in [-0.05, 0) is 36.1 Å². The van der Waals surface area contributed by atoms with Crippen molar-refractivity contribution in [2.45, 2.75) is 26.3 Å². The van der Waals surface area contributed by atoms with Gasteiger partial charge >= 0.3 is 0 Å². The maximum absolute atomic E-state index is 11.6. The molecule has 1 aromatic carbocycles. The number of hydrogen-bond acceptors (Lipinski definition) is 3. The van der Waals surface area contributed by atoms with E-state index in [-0.39, 0.29) is 5.91 Å². The molecular formula is C15H23N3O. The van der Waals surface area contributed by atoms with Gasteiger partial charge in [0.05, 0.1) is 0 Å². The molecule has 4 heteroatoms. The summed E-state index contributed by atoms with van der Waals surface area (Å²) < 4.78 is 0. The third-order valence-electron chi connectivity index (χ3n) is 3.58. The zero-order valence-corrected chi connectivity index (χ0v) is 11.9. The predicted molar refractivity (Wildman–Crippen MR) is 78.2 cm³/mol. The Kier molecular flexibility index (Phi) is 4.10. The predicted octanol–water partition coefficient (Wildman–Crippen LogP) is 1.45. The van der Waals surface area contributed by atoms with Crippen LogP contribution in [-0.2, 0) is 11.2 Å². The van der Waals surface area contributed by atoms with Crippen LogP contribution in [0.5, 0.6) is 0 Å². The van der Waals surface area contributed by atoms with Crippen molar-refractivity contribution in [1.82, 2.24) is 5.32 Å². The first-order valence-electron chi connectivity index (χ1n) is 6.85. The summed E-state index contributed by atoms with van der Waals surface area (Å²) >= 11 is 0. The number of amides is 1. The van der Waals surface area contributed by atoms with Crippen LogP contribution >= 0.6 is 0 Å². The molecule has 1 atom stereocenters. The molecule has 3 N–H and O–H groups in total. The number of primary amides is 1. The maximum atomic E-state index is 11.6. The quantitative estimate of drug-likeness (QED) is 0.843. The maximum Gasteiger partial charge on any atom is 0.239 e. The Balaban J connectivity index is 2.20. The molecule has 0 spiro atoms. The highest BCUT2D eigenvalue weighted by atomic mass is 16.1. The number of hydrogen-bond donors (Lipinski definition) is 2. The first kappa shape index (κ1) is 13.9. The van der Waals surface area contributed by atoms with Gasteiger partial charge in [0.15, 0.2) is 0 Å². The lowest BCUT2D eigenvalue weighted by Crippen LogP contribution is -2.35. The van der Waals surface area contributed by atoms with Crippen molar-refractivity contribution in [2.75, 3.05) is 25.0 Å². The third kappa shape index (κ3) is 3.07. The van der Waals surface area contributed by atoms with Gasteiger partial charge in [-0.2, -0.15) is 0 Å². The zero-order chi connectivity index (χ0) is 14.0. The van der Waals surface area contributed by atoms with Gasteiger partial charge in [-0.25, -0.2) is 0 Å². The Morgan fingerprint density at radius 2 is 2.21 bits per heavy atom. The molecule has 0 radical (unpaired) electrons. The van der Waals surface area contributed by atoms with Gasteiger partial charge in [0.1, 0.15) is 6.04 Å². The molecule has 4 nitrogen and oxygen atoms in total. The molecule has 0 saturated carbocycles. The van der Waals surface area contributed by atoms with E-state index >= 15 is 0 Å². The molecule has 1 aliphatic heterocycles. The summed E-state index contributed by atoms with van der Waals surface area (Å²) in [6.45, 7) is 6.05. The van der Waals surface area contributed by atoms with E-state index in [1.54, 1.807) is 0 Å². The van der Waals surface area contributed by atoms with Crippen molar-refractivity contribution >= 4 is 11.6 Å². The lowest BCUT2D eigenvalue weighted by atomic mass is 10.0. The van der Waals surface area contributed by atoms with Gasteiger partial charge in [0.2, 0.25) is 5.91 Å². The van der Waals surface area contributed by atoms with E-state index in [1.165, 1.54) is 11.3 Å². The Bertz CT molecular complexity index is 470. The molecule has 104 valence electrons. The summed E-state index contributed by atoms with van der Waals surface area (Å²) in [5, 5.41) is 3.25. The standard InChI is InChI=1S/C15H23N3O/c1-10(2)9-17-14(15(16)19)12-4-5-13-11(8-12)6-7-18(13)3/h4-5,8,10,14,17H,6-7,9H2,1-3H3,(H2,16,19). The number of fused-ring (bicyclic) bond motifs is 1. The van der Waals surface area contributed by atoms with Crippen molar-refractivity contribution in [3.05, 3.63) is 29.3 Å². The molecule has 0 aromatic heterocycles. The Morgan fingerprint density at radius 3 is 2.84 bits per heavy atom. The van der Waals surface area contributed by atoms with Crippen molar-refractivity contribution in [2.24, 2.45) is 11.7 Å². The molecule has 0 fully saturated rings. The topological polar surface area (TPSA) is 58.4 Å². The summed E-state index contributed by atoms with van der Waals surface area (Å²) in [5.74, 6) is 0.175. The first-order chi connectivity index (χ1) is 8.99. The highest BCUT2D eigenvalue weighted by Gasteiger charge is 2.21. The van der Waals surface area contributed by atoms with E-state index in [0.717, 1.165) is 25.1 Å². The normalized spacial score (nSPS) is 15.7. The Hall–Kier alpha value is -1.55. The Labute approximate surface area is 115 Å².